The van der Waals surface area contributed by atoms with Crippen molar-refractivity contribution in [2.45, 2.75) is 39.7 Å². The van der Waals surface area contributed by atoms with E-state index in [9.17, 15) is 5.11 Å². The Hall–Kier alpha value is -0.820. The third-order valence-electron chi connectivity index (χ3n) is 2.64. The molecule has 0 saturated heterocycles. The topological polar surface area (TPSA) is 20.2 Å². The average molecular weight is 178 g/mol. The lowest BCUT2D eigenvalue weighted by molar-refractivity contribution is 0.168. The molecule has 13 heavy (non-hydrogen) atoms. The summed E-state index contributed by atoms with van der Waals surface area (Å²) in [5, 5.41) is 9.47. The van der Waals surface area contributed by atoms with Gasteiger partial charge in [0, 0.05) is 5.92 Å². The molecule has 0 unspecified atom stereocenters. The summed E-state index contributed by atoms with van der Waals surface area (Å²) in [4.78, 5) is 0. The lowest BCUT2D eigenvalue weighted by Crippen LogP contribution is -2.12. The number of rotatable bonds is 2. The van der Waals surface area contributed by atoms with Crippen molar-refractivity contribution < 1.29 is 5.11 Å². The van der Waals surface area contributed by atoms with Crippen molar-refractivity contribution in [1.29, 1.82) is 0 Å². The normalized spacial score (nSPS) is 15.5. The molecule has 1 aromatic rings. The molecule has 1 nitrogen and oxygen atoms in total. The highest BCUT2D eigenvalue weighted by molar-refractivity contribution is 5.33. The Morgan fingerprint density at radius 1 is 1.15 bits per heavy atom. The van der Waals surface area contributed by atoms with Crippen LogP contribution < -0.4 is 0 Å². The molecule has 1 heteroatoms. The predicted octanol–water partition coefficient (Wildman–Crippen LogP) is 2.79. The number of aliphatic hydroxyl groups excluding tert-OH is 1. The Bertz CT molecular complexity index is 289. The second-order valence-electron chi connectivity index (χ2n) is 3.89. The maximum absolute atomic E-state index is 9.47. The summed E-state index contributed by atoms with van der Waals surface area (Å²) in [6.07, 6.45) is -0.276. The van der Waals surface area contributed by atoms with Gasteiger partial charge in [-0.2, -0.15) is 0 Å². The molecule has 0 bridgehead atoms. The minimum atomic E-state index is -0.276. The molecule has 0 amide bonds. The average Bonchev–Trinajstić information content (AvgIpc) is 2.03. The van der Waals surface area contributed by atoms with Gasteiger partial charge in [-0.05, 0) is 31.9 Å². The van der Waals surface area contributed by atoms with E-state index < -0.39 is 0 Å². The number of hydrogen-bond acceptors (Lipinski definition) is 1. The highest BCUT2D eigenvalue weighted by Gasteiger charge is 2.13. The van der Waals surface area contributed by atoms with E-state index in [1.807, 2.05) is 6.92 Å². The van der Waals surface area contributed by atoms with Crippen molar-refractivity contribution in [1.82, 2.24) is 0 Å². The number of aryl methyl sites for hydroxylation is 2. The first-order valence-corrected chi connectivity index (χ1v) is 4.77. The Labute approximate surface area is 80.4 Å². The van der Waals surface area contributed by atoms with E-state index in [2.05, 4.69) is 39.0 Å². The molecule has 1 aromatic carbocycles. The van der Waals surface area contributed by atoms with E-state index in [1.54, 1.807) is 0 Å². The Morgan fingerprint density at radius 2 is 1.77 bits per heavy atom. The van der Waals surface area contributed by atoms with Gasteiger partial charge in [-0.1, -0.05) is 30.7 Å². The fourth-order valence-corrected chi connectivity index (χ4v) is 1.60. The fourth-order valence-electron chi connectivity index (χ4n) is 1.60. The van der Waals surface area contributed by atoms with E-state index in [0.717, 1.165) is 0 Å². The van der Waals surface area contributed by atoms with E-state index in [1.165, 1.54) is 16.7 Å². The van der Waals surface area contributed by atoms with Gasteiger partial charge in [-0.25, -0.2) is 0 Å². The molecule has 0 radical (unpaired) electrons. The van der Waals surface area contributed by atoms with Crippen LogP contribution in [0.15, 0.2) is 18.2 Å². The molecule has 0 aliphatic heterocycles. The second kappa shape index (κ2) is 3.93. The van der Waals surface area contributed by atoms with E-state index in [0.29, 0.717) is 0 Å². The van der Waals surface area contributed by atoms with Gasteiger partial charge in [-0.15, -0.1) is 0 Å². The maximum Gasteiger partial charge on any atom is 0.0578 e. The van der Waals surface area contributed by atoms with Crippen LogP contribution >= 0.6 is 0 Å². The zero-order valence-electron chi connectivity index (χ0n) is 8.83. The molecule has 0 spiro atoms. The largest absolute Gasteiger partial charge is 0.393 e. The van der Waals surface area contributed by atoms with E-state index in [-0.39, 0.29) is 12.0 Å². The lowest BCUT2D eigenvalue weighted by atomic mass is 9.91. The van der Waals surface area contributed by atoms with Crippen LogP contribution in [0.5, 0.6) is 0 Å². The van der Waals surface area contributed by atoms with Gasteiger partial charge in [0.1, 0.15) is 0 Å². The third kappa shape index (κ3) is 2.31. The minimum absolute atomic E-state index is 0.223. The summed E-state index contributed by atoms with van der Waals surface area (Å²) >= 11 is 0. The molecule has 0 aliphatic carbocycles. The predicted molar refractivity (Wildman–Crippen MR) is 56.0 cm³/mol. The minimum Gasteiger partial charge on any atom is -0.393 e. The summed E-state index contributed by atoms with van der Waals surface area (Å²) in [6, 6.07) is 6.37. The third-order valence-corrected chi connectivity index (χ3v) is 2.64. The molecule has 0 saturated carbocycles. The molecule has 0 aliphatic rings. The van der Waals surface area contributed by atoms with Crippen molar-refractivity contribution in [2.24, 2.45) is 0 Å². The molecule has 1 rings (SSSR count). The van der Waals surface area contributed by atoms with Crippen LogP contribution in [0.25, 0.3) is 0 Å². The first kappa shape index (κ1) is 10.3. The van der Waals surface area contributed by atoms with Gasteiger partial charge in [0.15, 0.2) is 0 Å². The summed E-state index contributed by atoms with van der Waals surface area (Å²) in [7, 11) is 0. The van der Waals surface area contributed by atoms with Crippen LogP contribution in [-0.4, -0.2) is 11.2 Å². The van der Waals surface area contributed by atoms with E-state index >= 15 is 0 Å². The first-order valence-electron chi connectivity index (χ1n) is 4.77. The molecular weight excluding hydrogens is 160 g/mol. The van der Waals surface area contributed by atoms with Crippen molar-refractivity contribution in [3.63, 3.8) is 0 Å². The van der Waals surface area contributed by atoms with Crippen molar-refractivity contribution in [2.75, 3.05) is 0 Å². The zero-order valence-corrected chi connectivity index (χ0v) is 8.83. The van der Waals surface area contributed by atoms with Crippen LogP contribution in [0.4, 0.5) is 0 Å². The van der Waals surface area contributed by atoms with Gasteiger partial charge in [0.25, 0.3) is 0 Å². The van der Waals surface area contributed by atoms with E-state index in [4.69, 9.17) is 0 Å². The number of aliphatic hydroxyl groups is 1. The van der Waals surface area contributed by atoms with Gasteiger partial charge in [0.05, 0.1) is 6.10 Å². The van der Waals surface area contributed by atoms with Gasteiger partial charge >= 0.3 is 0 Å². The lowest BCUT2D eigenvalue weighted by Gasteiger charge is -2.17. The van der Waals surface area contributed by atoms with Gasteiger partial charge in [-0.3, -0.25) is 0 Å². The highest BCUT2D eigenvalue weighted by Crippen LogP contribution is 2.23. The van der Waals surface area contributed by atoms with Gasteiger partial charge < -0.3 is 5.11 Å². The molecule has 0 heterocycles. The number of hydrogen-bond donors (Lipinski definition) is 1. The highest BCUT2D eigenvalue weighted by atomic mass is 16.3. The van der Waals surface area contributed by atoms with Crippen molar-refractivity contribution in [3.8, 4) is 0 Å². The molecule has 0 aromatic heterocycles. The first-order chi connectivity index (χ1) is 6.02. The summed E-state index contributed by atoms with van der Waals surface area (Å²) in [6.45, 7) is 8.08. The SMILES string of the molecule is Cc1ccc([C@H](C)[C@H](C)O)c(C)c1. The van der Waals surface area contributed by atoms with Crippen molar-refractivity contribution >= 4 is 0 Å². The standard InChI is InChI=1S/C12H18O/c1-8-5-6-12(9(2)7-8)10(3)11(4)13/h5-7,10-11,13H,1-4H3/t10-,11+/m1/s1. The van der Waals surface area contributed by atoms with Crippen LogP contribution in [0.3, 0.4) is 0 Å². The summed E-state index contributed by atoms with van der Waals surface area (Å²) in [5.74, 6) is 0.223. The molecule has 72 valence electrons. The molecule has 1 N–H and O–H groups in total. The van der Waals surface area contributed by atoms with Crippen LogP contribution in [-0.2, 0) is 0 Å². The summed E-state index contributed by atoms with van der Waals surface area (Å²) < 4.78 is 0. The second-order valence-corrected chi connectivity index (χ2v) is 3.89. The smallest absolute Gasteiger partial charge is 0.0578 e. The quantitative estimate of drug-likeness (QED) is 0.738. The maximum atomic E-state index is 9.47. The Balaban J connectivity index is 3.01. The van der Waals surface area contributed by atoms with Crippen LogP contribution in [0.1, 0.15) is 36.5 Å². The molecule has 0 fully saturated rings. The monoisotopic (exact) mass is 178 g/mol. The molecule has 2 atom stereocenters. The summed E-state index contributed by atoms with van der Waals surface area (Å²) in [5.41, 5.74) is 3.80. The number of benzene rings is 1. The van der Waals surface area contributed by atoms with Crippen molar-refractivity contribution in [3.05, 3.63) is 34.9 Å². The molecular formula is C12H18O. The van der Waals surface area contributed by atoms with Gasteiger partial charge in [0.2, 0.25) is 0 Å². The Kier molecular flexibility index (Phi) is 3.10. The zero-order chi connectivity index (χ0) is 10.0. The van der Waals surface area contributed by atoms with Crippen LogP contribution in [0.2, 0.25) is 0 Å². The fraction of sp³-hybridized carbons (Fsp3) is 0.500. The van der Waals surface area contributed by atoms with Crippen LogP contribution in [0, 0.1) is 13.8 Å². The Morgan fingerprint density at radius 3 is 2.23 bits per heavy atom.